The minimum atomic E-state index is -4.85. The van der Waals surface area contributed by atoms with Crippen LogP contribution in [-0.2, 0) is 18.6 Å². The molecule has 3 aromatic rings. The summed E-state index contributed by atoms with van der Waals surface area (Å²) < 4.78 is 27.8. The first-order valence-corrected chi connectivity index (χ1v) is 13.3. The number of anilines is 1. The number of nitro benzene ring substituents is 1. The monoisotopic (exact) mass is 582 g/mol. The molecule has 216 valence electrons. The van der Waals surface area contributed by atoms with Gasteiger partial charge in [-0.15, -0.1) is 0 Å². The molecule has 0 bridgehead atoms. The number of amides is 1. The van der Waals surface area contributed by atoms with E-state index in [4.69, 9.17) is 19.3 Å². The number of phosphoric acid groups is 1. The molecule has 18 heteroatoms. The Hall–Kier alpha value is -3.57. The molecule has 1 aromatic carbocycles. The smallest absolute Gasteiger partial charge is 0.440 e. The first-order valence-electron chi connectivity index (χ1n) is 11.8. The maximum absolute atomic E-state index is 12.9. The number of rotatable bonds is 8. The van der Waals surface area contributed by atoms with E-state index in [2.05, 4.69) is 24.8 Å². The number of hydrogen-bond donors (Lipinski definition) is 5. The van der Waals surface area contributed by atoms with Crippen LogP contribution in [0.5, 0.6) is 0 Å². The third kappa shape index (κ3) is 6.26. The molecule has 5 N–H and O–H groups in total. The second kappa shape index (κ2) is 11.1. The number of aromatic nitrogens is 4. The van der Waals surface area contributed by atoms with Crippen LogP contribution in [0, 0.1) is 15.5 Å². The van der Waals surface area contributed by atoms with E-state index in [1.165, 1.54) is 29.1 Å². The highest BCUT2D eigenvalue weighted by molar-refractivity contribution is 7.46. The number of fused-ring (bicyclic) bond motifs is 1. The molecule has 17 nitrogen and oxygen atoms in total. The van der Waals surface area contributed by atoms with E-state index in [-0.39, 0.29) is 28.2 Å². The van der Waals surface area contributed by atoms with Crippen molar-refractivity contribution in [1.82, 2.24) is 19.5 Å². The number of nitro groups is 1. The van der Waals surface area contributed by atoms with Gasteiger partial charge in [0.15, 0.2) is 23.2 Å². The van der Waals surface area contributed by atoms with Crippen molar-refractivity contribution in [3.05, 3.63) is 52.6 Å². The van der Waals surface area contributed by atoms with E-state index in [9.17, 15) is 29.7 Å². The molecule has 40 heavy (non-hydrogen) atoms. The van der Waals surface area contributed by atoms with Crippen LogP contribution in [0.3, 0.4) is 0 Å². The number of para-hydroxylation sites is 1. The van der Waals surface area contributed by atoms with E-state index in [0.29, 0.717) is 0 Å². The molecular weight excluding hydrogens is 555 g/mol. The lowest BCUT2D eigenvalue weighted by Crippen LogP contribution is -2.33. The summed E-state index contributed by atoms with van der Waals surface area (Å²) in [6.07, 6.45) is -5.36. The molecule has 1 aliphatic rings. The van der Waals surface area contributed by atoms with Crippen molar-refractivity contribution in [3.63, 3.8) is 0 Å². The maximum Gasteiger partial charge on any atom is 0.469 e. The van der Waals surface area contributed by atoms with Gasteiger partial charge < -0.3 is 29.5 Å². The van der Waals surface area contributed by atoms with Gasteiger partial charge in [-0.1, -0.05) is 32.9 Å². The molecule has 4 rings (SSSR count). The summed E-state index contributed by atoms with van der Waals surface area (Å²) in [5, 5.41) is 34.8. The lowest BCUT2D eigenvalue weighted by molar-refractivity contribution is -0.386. The Bertz CT molecular complexity index is 1450. The largest absolute Gasteiger partial charge is 0.469 e. The van der Waals surface area contributed by atoms with Crippen LogP contribution in [0.2, 0.25) is 0 Å². The summed E-state index contributed by atoms with van der Waals surface area (Å²) in [6, 6.07) is 5.93. The van der Waals surface area contributed by atoms with Gasteiger partial charge in [0, 0.05) is 11.5 Å². The predicted octanol–water partition coefficient (Wildman–Crippen LogP) is 1.80. The number of carbonyl (C=O) groups is 1. The topological polar surface area (TPSA) is 242 Å². The third-order valence-corrected chi connectivity index (χ3v) is 6.51. The number of nitrogens with one attached hydrogen (secondary N) is 1. The highest BCUT2D eigenvalue weighted by Gasteiger charge is 2.45. The van der Waals surface area contributed by atoms with Gasteiger partial charge in [0.2, 0.25) is 0 Å². The summed E-state index contributed by atoms with van der Waals surface area (Å²) in [5.74, 6) is -0.0848. The summed E-state index contributed by atoms with van der Waals surface area (Å²) in [7, 11) is -4.85. The lowest BCUT2D eigenvalue weighted by Gasteiger charge is -2.30. The van der Waals surface area contributed by atoms with Gasteiger partial charge in [0.25, 0.3) is 5.69 Å². The highest BCUT2D eigenvalue weighted by Crippen LogP contribution is 2.41. The second-order valence-electron chi connectivity index (χ2n) is 9.97. The molecule has 1 aliphatic heterocycles. The van der Waals surface area contributed by atoms with Crippen LogP contribution in [0.4, 0.5) is 16.3 Å². The maximum atomic E-state index is 12.9. The van der Waals surface area contributed by atoms with Crippen molar-refractivity contribution >= 4 is 36.6 Å². The molecule has 5 atom stereocenters. The Morgan fingerprint density at radius 2 is 1.93 bits per heavy atom. The van der Waals surface area contributed by atoms with Crippen molar-refractivity contribution in [1.29, 1.82) is 0 Å². The number of ether oxygens (including phenoxy) is 2. The fourth-order valence-electron chi connectivity index (χ4n) is 4.21. The van der Waals surface area contributed by atoms with E-state index >= 15 is 0 Å². The quantitative estimate of drug-likeness (QED) is 0.144. The van der Waals surface area contributed by atoms with E-state index in [1.807, 2.05) is 0 Å². The van der Waals surface area contributed by atoms with E-state index in [0.717, 1.165) is 6.33 Å². The van der Waals surface area contributed by atoms with Crippen LogP contribution >= 0.6 is 7.82 Å². The van der Waals surface area contributed by atoms with Crippen molar-refractivity contribution in [2.24, 2.45) is 5.41 Å². The first kappa shape index (κ1) is 29.4. The zero-order valence-corrected chi connectivity index (χ0v) is 22.3. The van der Waals surface area contributed by atoms with Crippen LogP contribution in [0.25, 0.3) is 11.2 Å². The number of hydrogen-bond acceptors (Lipinski definition) is 12. The van der Waals surface area contributed by atoms with Crippen molar-refractivity contribution in [3.8, 4) is 0 Å². The number of benzene rings is 1. The van der Waals surface area contributed by atoms with Gasteiger partial charge in [0.1, 0.15) is 30.7 Å². The van der Waals surface area contributed by atoms with Gasteiger partial charge in [0.05, 0.1) is 23.4 Å². The fourth-order valence-corrected chi connectivity index (χ4v) is 4.55. The Balaban J connectivity index is 1.56. The Morgan fingerprint density at radius 1 is 1.23 bits per heavy atom. The average molecular weight is 582 g/mol. The van der Waals surface area contributed by atoms with Crippen LogP contribution in [0.15, 0.2) is 36.9 Å². The van der Waals surface area contributed by atoms with Crippen LogP contribution < -0.4 is 5.32 Å². The van der Waals surface area contributed by atoms with Gasteiger partial charge in [-0.05, 0) is 6.07 Å². The molecule has 3 heterocycles. The van der Waals surface area contributed by atoms with Crippen LogP contribution in [0.1, 0.15) is 38.7 Å². The minimum Gasteiger partial charge on any atom is -0.440 e. The van der Waals surface area contributed by atoms with Gasteiger partial charge >= 0.3 is 13.9 Å². The molecule has 0 saturated carbocycles. The number of imidazole rings is 1. The van der Waals surface area contributed by atoms with E-state index < -0.39 is 61.5 Å². The Kier molecular flexibility index (Phi) is 8.18. The summed E-state index contributed by atoms with van der Waals surface area (Å²) in [4.78, 5) is 54.0. The fraction of sp³-hybridized carbons (Fsp3) is 0.455. The summed E-state index contributed by atoms with van der Waals surface area (Å²) in [6.45, 7) is 4.57. The number of nitrogens with zero attached hydrogens (tertiary/aromatic N) is 5. The Labute approximate surface area is 226 Å². The normalized spacial score (nSPS) is 22.3. The molecule has 1 saturated heterocycles. The van der Waals surface area contributed by atoms with Gasteiger partial charge in [-0.3, -0.25) is 24.5 Å². The number of carbonyl (C=O) groups excluding carboxylic acids is 1. The van der Waals surface area contributed by atoms with Crippen molar-refractivity contribution in [2.45, 2.75) is 51.4 Å². The second-order valence-corrected chi connectivity index (χ2v) is 11.2. The molecule has 0 spiro atoms. The lowest BCUT2D eigenvalue weighted by atomic mass is 9.84. The molecule has 1 amide bonds. The molecule has 2 aromatic heterocycles. The number of aliphatic hydroxyl groups excluding tert-OH is 2. The Morgan fingerprint density at radius 3 is 2.58 bits per heavy atom. The average Bonchev–Trinajstić information content (AvgIpc) is 3.41. The van der Waals surface area contributed by atoms with E-state index in [1.54, 1.807) is 26.8 Å². The number of aliphatic hydroxyl groups is 2. The van der Waals surface area contributed by atoms with Crippen molar-refractivity contribution in [2.75, 3.05) is 11.9 Å². The van der Waals surface area contributed by atoms with Gasteiger partial charge in [-0.25, -0.2) is 24.3 Å². The van der Waals surface area contributed by atoms with Crippen molar-refractivity contribution < 1.29 is 48.3 Å². The minimum absolute atomic E-state index is 0.0534. The SMILES string of the molecule is CC(C)(C)C(OC(=O)Nc1ncnc2c1ncn2[C@@H]1O[C@H](COP(=O)(O)O)C(O)[C@@H]1O)c1ccccc1[N+](=O)[O-]. The van der Waals surface area contributed by atoms with Crippen LogP contribution in [-0.4, -0.2) is 75.5 Å². The number of phosphoric ester groups is 1. The molecule has 2 unspecified atom stereocenters. The third-order valence-electron chi connectivity index (χ3n) is 6.02. The first-order chi connectivity index (χ1) is 18.7. The zero-order valence-electron chi connectivity index (χ0n) is 21.4. The van der Waals surface area contributed by atoms with Gasteiger partial charge in [-0.2, -0.15) is 0 Å². The molecular formula is C22H27N6O11P. The zero-order chi connectivity index (χ0) is 29.4. The predicted molar refractivity (Wildman–Crippen MR) is 135 cm³/mol. The molecule has 1 fully saturated rings. The standard InChI is InChI=1S/C22H27N6O11P/c1-22(2,3)17(11-6-4-5-7-12(11)28(32)33)39-21(31)26-18-14-19(24-9-23-18)27(10-25-14)20-16(30)15(29)13(38-20)8-37-40(34,35)36/h4-7,9-10,13,15-17,20,29-30H,8H2,1-3H3,(H2,34,35,36)(H,23,24,26,31)/t13-,15?,16+,17?,20-/m1/s1. The highest BCUT2D eigenvalue weighted by atomic mass is 31.2. The molecule has 0 aliphatic carbocycles. The molecule has 0 radical (unpaired) electrons. The summed E-state index contributed by atoms with van der Waals surface area (Å²) in [5.41, 5.74) is -0.611. The summed E-state index contributed by atoms with van der Waals surface area (Å²) >= 11 is 0.